The predicted octanol–water partition coefficient (Wildman–Crippen LogP) is 4.68. The second-order valence-corrected chi connectivity index (χ2v) is 12.8. The second kappa shape index (κ2) is 6.81. The van der Waals surface area contributed by atoms with Crippen molar-refractivity contribution in [2.75, 3.05) is 6.61 Å². The van der Waals surface area contributed by atoms with Gasteiger partial charge in [-0.25, -0.2) is 0 Å². The molecular formula is C27H42O4. The molecule has 4 aliphatic carbocycles. The van der Waals surface area contributed by atoms with Gasteiger partial charge in [0.05, 0.1) is 24.9 Å². The third-order valence-electron chi connectivity index (χ3n) is 11.4. The molecule has 6 rings (SSSR count). The Balaban J connectivity index is 1.29. The molecule has 4 nitrogen and oxygen atoms in total. The molecule has 0 aromatic rings. The van der Waals surface area contributed by atoms with Gasteiger partial charge in [0.1, 0.15) is 0 Å². The van der Waals surface area contributed by atoms with Gasteiger partial charge >= 0.3 is 0 Å². The summed E-state index contributed by atoms with van der Waals surface area (Å²) in [7, 11) is 0. The van der Waals surface area contributed by atoms with Crippen molar-refractivity contribution in [1.82, 2.24) is 0 Å². The van der Waals surface area contributed by atoms with Crippen molar-refractivity contribution in [2.24, 2.45) is 46.3 Å². The van der Waals surface area contributed by atoms with E-state index in [4.69, 9.17) is 9.47 Å². The fourth-order valence-electron chi connectivity index (χ4n) is 9.72. The summed E-state index contributed by atoms with van der Waals surface area (Å²) >= 11 is 0. The summed E-state index contributed by atoms with van der Waals surface area (Å²) in [6.45, 7) is 10.4. The zero-order valence-electron chi connectivity index (χ0n) is 19.8. The second-order valence-electron chi connectivity index (χ2n) is 12.8. The standard InChI is InChI=1S/C27H42O4/c1-15-7-10-27(30-14-15)16(2)24-22(31-27)13-21-19-6-5-17-11-18(28)12-23(29)26(17,4)20(19)8-9-25(21,24)3/h5,15-16,18-24,28-29H,6-14H2,1-4H3/t15-,16+,18-,19-,20+,21+,22+,23-,24-,25+,26+,27-/m1/s1. The lowest BCUT2D eigenvalue weighted by molar-refractivity contribution is -0.272. The van der Waals surface area contributed by atoms with E-state index in [2.05, 4.69) is 33.8 Å². The van der Waals surface area contributed by atoms with Crippen LogP contribution in [0.5, 0.6) is 0 Å². The number of allylic oxidation sites excluding steroid dienone is 1. The summed E-state index contributed by atoms with van der Waals surface area (Å²) in [5.74, 6) is 3.17. The summed E-state index contributed by atoms with van der Waals surface area (Å²) < 4.78 is 13.3. The Labute approximate surface area is 187 Å². The van der Waals surface area contributed by atoms with Crippen LogP contribution in [0.15, 0.2) is 11.6 Å². The van der Waals surface area contributed by atoms with Gasteiger partial charge in [0.2, 0.25) is 0 Å². The highest BCUT2D eigenvalue weighted by atomic mass is 16.7. The van der Waals surface area contributed by atoms with Crippen LogP contribution in [0.4, 0.5) is 0 Å². The number of fused-ring (bicyclic) bond motifs is 7. The van der Waals surface area contributed by atoms with Crippen molar-refractivity contribution in [1.29, 1.82) is 0 Å². The Morgan fingerprint density at radius 3 is 2.58 bits per heavy atom. The molecule has 2 aliphatic heterocycles. The van der Waals surface area contributed by atoms with Gasteiger partial charge < -0.3 is 19.7 Å². The summed E-state index contributed by atoms with van der Waals surface area (Å²) in [6.07, 6.45) is 10.2. The summed E-state index contributed by atoms with van der Waals surface area (Å²) in [5, 5.41) is 21.4. The van der Waals surface area contributed by atoms with Crippen molar-refractivity contribution in [3.8, 4) is 0 Å². The molecule has 0 unspecified atom stereocenters. The third kappa shape index (κ3) is 2.68. The molecule has 1 spiro atoms. The average molecular weight is 431 g/mol. The third-order valence-corrected chi connectivity index (χ3v) is 11.4. The zero-order chi connectivity index (χ0) is 21.8. The van der Waals surface area contributed by atoms with E-state index in [-0.39, 0.29) is 17.3 Å². The molecule has 0 amide bonds. The van der Waals surface area contributed by atoms with Crippen molar-refractivity contribution < 1.29 is 19.7 Å². The largest absolute Gasteiger partial charge is 0.393 e. The molecule has 0 aromatic carbocycles. The molecule has 174 valence electrons. The van der Waals surface area contributed by atoms with E-state index in [0.717, 1.165) is 32.3 Å². The molecule has 6 aliphatic rings. The Morgan fingerprint density at radius 2 is 1.84 bits per heavy atom. The fourth-order valence-corrected chi connectivity index (χ4v) is 9.72. The zero-order valence-corrected chi connectivity index (χ0v) is 19.8. The maximum Gasteiger partial charge on any atom is 0.171 e. The van der Waals surface area contributed by atoms with Crippen LogP contribution in [-0.4, -0.2) is 40.9 Å². The van der Waals surface area contributed by atoms with Crippen molar-refractivity contribution in [3.63, 3.8) is 0 Å². The Kier molecular flexibility index (Phi) is 4.64. The number of hydrogen-bond donors (Lipinski definition) is 2. The highest BCUT2D eigenvalue weighted by molar-refractivity contribution is 5.28. The first-order valence-corrected chi connectivity index (χ1v) is 13.1. The van der Waals surface area contributed by atoms with Crippen LogP contribution in [0.2, 0.25) is 0 Å². The Morgan fingerprint density at radius 1 is 1.03 bits per heavy atom. The number of aliphatic hydroxyl groups excluding tert-OH is 2. The number of rotatable bonds is 0. The van der Waals surface area contributed by atoms with Gasteiger partial charge in [-0.1, -0.05) is 39.3 Å². The van der Waals surface area contributed by atoms with E-state index >= 15 is 0 Å². The predicted molar refractivity (Wildman–Crippen MR) is 119 cm³/mol. The van der Waals surface area contributed by atoms with Crippen LogP contribution < -0.4 is 0 Å². The molecule has 5 fully saturated rings. The average Bonchev–Trinajstić information content (AvgIpc) is 3.16. The van der Waals surface area contributed by atoms with Gasteiger partial charge in [-0.2, -0.15) is 0 Å². The van der Waals surface area contributed by atoms with Gasteiger partial charge in [-0.3, -0.25) is 0 Å². The quantitative estimate of drug-likeness (QED) is 0.548. The van der Waals surface area contributed by atoms with E-state index in [1.165, 1.54) is 24.8 Å². The van der Waals surface area contributed by atoms with Gasteiger partial charge in [0.25, 0.3) is 0 Å². The van der Waals surface area contributed by atoms with E-state index in [0.29, 0.717) is 53.4 Å². The van der Waals surface area contributed by atoms with Crippen molar-refractivity contribution in [3.05, 3.63) is 11.6 Å². The normalized spacial score (nSPS) is 60.7. The van der Waals surface area contributed by atoms with Crippen LogP contribution >= 0.6 is 0 Å². The molecular weight excluding hydrogens is 388 g/mol. The summed E-state index contributed by atoms with van der Waals surface area (Å²) in [4.78, 5) is 0. The van der Waals surface area contributed by atoms with Gasteiger partial charge in [-0.15, -0.1) is 0 Å². The minimum absolute atomic E-state index is 0.155. The Hall–Kier alpha value is -0.420. The molecule has 0 bridgehead atoms. The topological polar surface area (TPSA) is 58.9 Å². The van der Waals surface area contributed by atoms with Crippen LogP contribution in [-0.2, 0) is 9.47 Å². The van der Waals surface area contributed by atoms with Gasteiger partial charge in [0, 0.05) is 24.2 Å². The first-order chi connectivity index (χ1) is 14.7. The van der Waals surface area contributed by atoms with E-state index in [1.807, 2.05) is 0 Å². The SMILES string of the molecule is C[C@@H]1CC[C@@]2(OC1)O[C@H]1C[C@H]3[C@@H]4CC=C5C[C@@H](O)C[C@@H](O)[C@]5(C)[C@H]4CC[C@]3(C)[C@@H]1[C@@H]2C. The van der Waals surface area contributed by atoms with Crippen LogP contribution in [0, 0.1) is 46.3 Å². The molecule has 0 radical (unpaired) electrons. The maximum absolute atomic E-state index is 11.1. The lowest BCUT2D eigenvalue weighted by Crippen LogP contribution is -2.56. The smallest absolute Gasteiger partial charge is 0.171 e. The maximum atomic E-state index is 11.1. The number of hydrogen-bond acceptors (Lipinski definition) is 4. The van der Waals surface area contributed by atoms with E-state index < -0.39 is 6.10 Å². The monoisotopic (exact) mass is 430 g/mol. The lowest BCUT2D eigenvalue weighted by atomic mass is 9.46. The van der Waals surface area contributed by atoms with Crippen LogP contribution in [0.25, 0.3) is 0 Å². The molecule has 2 saturated heterocycles. The molecule has 12 atom stereocenters. The first-order valence-electron chi connectivity index (χ1n) is 13.1. The van der Waals surface area contributed by atoms with Crippen molar-refractivity contribution in [2.45, 2.75) is 103 Å². The van der Waals surface area contributed by atoms with E-state index in [9.17, 15) is 10.2 Å². The number of aliphatic hydroxyl groups is 2. The minimum atomic E-state index is -0.420. The molecule has 2 N–H and O–H groups in total. The molecule has 31 heavy (non-hydrogen) atoms. The van der Waals surface area contributed by atoms with Crippen LogP contribution in [0.3, 0.4) is 0 Å². The highest BCUT2D eigenvalue weighted by Crippen LogP contribution is 2.70. The van der Waals surface area contributed by atoms with Gasteiger partial charge in [0.15, 0.2) is 5.79 Å². The van der Waals surface area contributed by atoms with Crippen molar-refractivity contribution >= 4 is 0 Å². The molecule has 3 saturated carbocycles. The first kappa shape index (κ1) is 21.1. The molecule has 0 aromatic heterocycles. The molecule has 4 heteroatoms. The Bertz CT molecular complexity index is 769. The van der Waals surface area contributed by atoms with Crippen LogP contribution in [0.1, 0.15) is 79.1 Å². The molecule has 2 heterocycles. The summed E-state index contributed by atoms with van der Waals surface area (Å²) in [5.41, 5.74) is 1.48. The highest BCUT2D eigenvalue weighted by Gasteiger charge is 2.69. The minimum Gasteiger partial charge on any atom is -0.393 e. The number of ether oxygens (including phenoxy) is 2. The van der Waals surface area contributed by atoms with Gasteiger partial charge in [-0.05, 0) is 73.5 Å². The van der Waals surface area contributed by atoms with E-state index in [1.54, 1.807) is 0 Å². The summed E-state index contributed by atoms with van der Waals surface area (Å²) in [6, 6.07) is 0. The lowest BCUT2D eigenvalue weighted by Gasteiger charge is -2.59. The fraction of sp³-hybridized carbons (Fsp3) is 0.926.